The van der Waals surface area contributed by atoms with Gasteiger partial charge in [-0.1, -0.05) is 28.7 Å². The lowest BCUT2D eigenvalue weighted by Gasteiger charge is -2.39. The molecular weight excluding hydrogens is 407 g/mol. The summed E-state index contributed by atoms with van der Waals surface area (Å²) in [5.41, 5.74) is 0.670. The molecule has 0 aromatic heterocycles. The highest BCUT2D eigenvalue weighted by Gasteiger charge is 2.44. The largest absolute Gasteiger partial charge is 0.493 e. The number of hydrogen-bond acceptors (Lipinski definition) is 7. The summed E-state index contributed by atoms with van der Waals surface area (Å²) in [6.45, 7) is -0.551. The number of rotatable bonds is 5. The topological polar surface area (TPSA) is 109 Å². The standard InChI is InChI=1S/C14H19IO7/c1-20-9-4-7(5-16)2-3-8(9)21-14-11(15)13(19)12(18)10(6-17)22-14/h2-4,10-14,16-19H,5-6H2,1H3. The minimum atomic E-state index is -1.18. The summed E-state index contributed by atoms with van der Waals surface area (Å²) >= 11 is 1.93. The number of aliphatic hydroxyl groups excluding tert-OH is 4. The molecule has 1 aromatic rings. The number of hydrogen-bond donors (Lipinski definition) is 4. The fourth-order valence-electron chi connectivity index (χ4n) is 2.17. The molecule has 1 fully saturated rings. The van der Waals surface area contributed by atoms with Crippen molar-refractivity contribution in [1.29, 1.82) is 0 Å². The second-order valence-corrected chi connectivity index (χ2v) is 6.35. The van der Waals surface area contributed by atoms with Gasteiger partial charge in [-0.15, -0.1) is 0 Å². The Balaban J connectivity index is 2.18. The zero-order valence-corrected chi connectivity index (χ0v) is 14.1. The van der Waals surface area contributed by atoms with Gasteiger partial charge in [-0.3, -0.25) is 0 Å². The lowest BCUT2D eigenvalue weighted by atomic mass is 10.0. The second-order valence-electron chi connectivity index (χ2n) is 4.91. The van der Waals surface area contributed by atoms with Crippen LogP contribution in [0.1, 0.15) is 5.56 Å². The van der Waals surface area contributed by atoms with Crippen molar-refractivity contribution in [3.8, 4) is 11.5 Å². The molecule has 1 aromatic carbocycles. The minimum Gasteiger partial charge on any atom is -0.493 e. The third-order valence-corrected chi connectivity index (χ3v) is 4.78. The summed E-state index contributed by atoms with van der Waals surface area (Å²) in [6, 6.07) is 4.94. The third-order valence-electron chi connectivity index (χ3n) is 3.46. The Morgan fingerprint density at radius 3 is 2.50 bits per heavy atom. The maximum Gasteiger partial charge on any atom is 0.215 e. The number of ether oxygens (including phenoxy) is 3. The van der Waals surface area contributed by atoms with E-state index in [1.165, 1.54) is 7.11 Å². The van der Waals surface area contributed by atoms with E-state index in [-0.39, 0.29) is 6.61 Å². The zero-order valence-electron chi connectivity index (χ0n) is 11.9. The first kappa shape index (κ1) is 17.7. The van der Waals surface area contributed by atoms with Crippen LogP contribution in [0.2, 0.25) is 0 Å². The van der Waals surface area contributed by atoms with Crippen molar-refractivity contribution >= 4 is 22.6 Å². The van der Waals surface area contributed by atoms with Crippen LogP contribution in [0.15, 0.2) is 18.2 Å². The first-order chi connectivity index (χ1) is 10.5. The fraction of sp³-hybridized carbons (Fsp3) is 0.571. The molecule has 5 unspecified atom stereocenters. The molecule has 0 saturated carbocycles. The number of halogens is 1. The van der Waals surface area contributed by atoms with Crippen molar-refractivity contribution in [2.24, 2.45) is 0 Å². The van der Waals surface area contributed by atoms with Gasteiger partial charge in [0.1, 0.15) is 22.2 Å². The van der Waals surface area contributed by atoms with Gasteiger partial charge in [0.15, 0.2) is 11.5 Å². The van der Waals surface area contributed by atoms with Crippen LogP contribution < -0.4 is 9.47 Å². The molecule has 7 nitrogen and oxygen atoms in total. The molecule has 1 heterocycles. The van der Waals surface area contributed by atoms with Crippen LogP contribution in [-0.2, 0) is 11.3 Å². The summed E-state index contributed by atoms with van der Waals surface area (Å²) < 4.78 is 15.9. The molecule has 5 atom stereocenters. The van der Waals surface area contributed by atoms with Gasteiger partial charge in [0, 0.05) is 0 Å². The highest BCUT2D eigenvalue weighted by molar-refractivity contribution is 14.1. The molecule has 2 rings (SSSR count). The summed E-state index contributed by atoms with van der Waals surface area (Å²) in [7, 11) is 1.47. The van der Waals surface area contributed by atoms with Crippen molar-refractivity contribution in [3.63, 3.8) is 0 Å². The molecule has 4 N–H and O–H groups in total. The van der Waals surface area contributed by atoms with Gasteiger partial charge in [-0.2, -0.15) is 0 Å². The lowest BCUT2D eigenvalue weighted by Crippen LogP contribution is -2.57. The van der Waals surface area contributed by atoms with Crippen LogP contribution in [0.4, 0.5) is 0 Å². The van der Waals surface area contributed by atoms with E-state index in [1.807, 2.05) is 22.6 Å². The van der Waals surface area contributed by atoms with Gasteiger partial charge < -0.3 is 34.6 Å². The van der Waals surface area contributed by atoms with Crippen molar-refractivity contribution < 1.29 is 34.6 Å². The van der Waals surface area contributed by atoms with E-state index >= 15 is 0 Å². The van der Waals surface area contributed by atoms with E-state index in [9.17, 15) is 15.3 Å². The van der Waals surface area contributed by atoms with Gasteiger partial charge in [0.2, 0.25) is 6.29 Å². The average molecular weight is 426 g/mol. The molecule has 8 heteroatoms. The third kappa shape index (κ3) is 3.63. The van der Waals surface area contributed by atoms with Crippen LogP contribution in [0, 0.1) is 0 Å². The maximum atomic E-state index is 10.0. The van der Waals surface area contributed by atoms with Gasteiger partial charge in [0.05, 0.1) is 20.3 Å². The van der Waals surface area contributed by atoms with Crippen molar-refractivity contribution in [2.45, 2.75) is 35.1 Å². The van der Waals surface area contributed by atoms with E-state index in [1.54, 1.807) is 18.2 Å². The quantitative estimate of drug-likeness (QED) is 0.382. The summed E-state index contributed by atoms with van der Waals surface area (Å²) in [6.07, 6.45) is -4.04. The van der Waals surface area contributed by atoms with Gasteiger partial charge in [-0.25, -0.2) is 0 Å². The van der Waals surface area contributed by atoms with E-state index in [4.69, 9.17) is 19.3 Å². The molecule has 0 spiro atoms. The van der Waals surface area contributed by atoms with Crippen LogP contribution in [-0.4, -0.2) is 62.7 Å². The van der Waals surface area contributed by atoms with Crippen LogP contribution in [0.3, 0.4) is 0 Å². The summed E-state index contributed by atoms with van der Waals surface area (Å²) in [4.78, 5) is 0. The summed E-state index contributed by atoms with van der Waals surface area (Å²) in [5, 5.41) is 38.2. The molecule has 0 radical (unpaired) electrons. The molecule has 0 amide bonds. The molecule has 1 aliphatic rings. The van der Waals surface area contributed by atoms with Crippen molar-refractivity contribution in [2.75, 3.05) is 13.7 Å². The molecule has 124 valence electrons. The van der Waals surface area contributed by atoms with E-state index in [0.29, 0.717) is 17.1 Å². The van der Waals surface area contributed by atoms with Crippen LogP contribution >= 0.6 is 22.6 Å². The molecule has 1 saturated heterocycles. The van der Waals surface area contributed by atoms with E-state index in [2.05, 4.69) is 0 Å². The van der Waals surface area contributed by atoms with Crippen molar-refractivity contribution in [3.05, 3.63) is 23.8 Å². The molecule has 1 aliphatic heterocycles. The van der Waals surface area contributed by atoms with Gasteiger partial charge >= 0.3 is 0 Å². The Hall–Kier alpha value is -0.650. The second kappa shape index (κ2) is 7.75. The predicted octanol–water partition coefficient (Wildman–Crippen LogP) is -0.191. The Bertz CT molecular complexity index is 496. The Morgan fingerprint density at radius 1 is 1.18 bits per heavy atom. The predicted molar refractivity (Wildman–Crippen MR) is 85.1 cm³/mol. The number of methoxy groups -OCH3 is 1. The number of alkyl halides is 1. The lowest BCUT2D eigenvalue weighted by molar-refractivity contribution is -0.222. The van der Waals surface area contributed by atoms with Crippen LogP contribution in [0.25, 0.3) is 0 Å². The molecule has 22 heavy (non-hydrogen) atoms. The molecule has 0 bridgehead atoms. The normalized spacial score (nSPS) is 31.8. The van der Waals surface area contributed by atoms with Gasteiger partial charge in [0.25, 0.3) is 0 Å². The molecule has 0 aliphatic carbocycles. The number of benzene rings is 1. The monoisotopic (exact) mass is 426 g/mol. The van der Waals surface area contributed by atoms with E-state index in [0.717, 1.165) is 0 Å². The van der Waals surface area contributed by atoms with E-state index < -0.39 is 35.1 Å². The van der Waals surface area contributed by atoms with Gasteiger partial charge in [-0.05, 0) is 17.7 Å². The number of aliphatic hydroxyl groups is 4. The highest BCUT2D eigenvalue weighted by Crippen LogP contribution is 2.33. The maximum absolute atomic E-state index is 10.0. The van der Waals surface area contributed by atoms with Crippen molar-refractivity contribution in [1.82, 2.24) is 0 Å². The molecular formula is C14H19IO7. The zero-order chi connectivity index (χ0) is 16.3. The average Bonchev–Trinajstić information content (AvgIpc) is 2.55. The first-order valence-corrected chi connectivity index (χ1v) is 7.97. The van der Waals surface area contributed by atoms with Crippen LogP contribution in [0.5, 0.6) is 11.5 Å². The SMILES string of the molecule is COc1cc(CO)ccc1OC1OC(CO)C(O)C(O)C1I. The Labute approximate surface area is 141 Å². The summed E-state index contributed by atoms with van der Waals surface area (Å²) in [5.74, 6) is 0.798. The Kier molecular flexibility index (Phi) is 6.24. The Morgan fingerprint density at radius 2 is 1.91 bits per heavy atom. The minimum absolute atomic E-state index is 0.122. The first-order valence-electron chi connectivity index (χ1n) is 6.72. The smallest absolute Gasteiger partial charge is 0.215 e. The fourth-order valence-corrected chi connectivity index (χ4v) is 2.92. The highest BCUT2D eigenvalue weighted by atomic mass is 127.